The number of carbonyl (C=O) groups is 1. The van der Waals surface area contributed by atoms with Crippen molar-refractivity contribution in [3.8, 4) is 5.69 Å². The second-order valence-electron chi connectivity index (χ2n) is 6.10. The number of anilines is 1. The van der Waals surface area contributed by atoms with E-state index in [1.807, 2.05) is 54.6 Å². The van der Waals surface area contributed by atoms with Gasteiger partial charge in [-0.2, -0.15) is 5.10 Å². The number of hydrogen-bond donors (Lipinski definition) is 2. The Hall–Kier alpha value is -2.96. The fraction of sp³-hybridized carbons (Fsp3) is 0.200. The largest absolute Gasteiger partial charge is 0.371 e. The minimum Gasteiger partial charge on any atom is -0.371 e. The van der Waals surface area contributed by atoms with Crippen molar-refractivity contribution in [2.24, 2.45) is 0 Å². The van der Waals surface area contributed by atoms with Crippen molar-refractivity contribution in [3.63, 3.8) is 0 Å². The number of morpholine rings is 1. The van der Waals surface area contributed by atoms with E-state index in [0.717, 1.165) is 30.0 Å². The first kappa shape index (κ1) is 16.5. The molecule has 6 nitrogen and oxygen atoms in total. The van der Waals surface area contributed by atoms with Gasteiger partial charge in [-0.25, -0.2) is 4.68 Å². The quantitative estimate of drug-likeness (QED) is 0.761. The number of para-hydroxylation sites is 1. The van der Waals surface area contributed by atoms with Crippen LogP contribution >= 0.6 is 0 Å². The number of carbonyl (C=O) groups excluding carboxylic acids is 1. The molecule has 0 saturated carbocycles. The van der Waals surface area contributed by atoms with E-state index in [0.29, 0.717) is 12.3 Å². The van der Waals surface area contributed by atoms with Crippen LogP contribution in [0.25, 0.3) is 5.69 Å². The van der Waals surface area contributed by atoms with Crippen molar-refractivity contribution in [3.05, 3.63) is 78.1 Å². The van der Waals surface area contributed by atoms with Crippen LogP contribution in [0, 0.1) is 0 Å². The van der Waals surface area contributed by atoms with Crippen molar-refractivity contribution >= 4 is 11.6 Å². The summed E-state index contributed by atoms with van der Waals surface area (Å²) in [5.41, 5.74) is 3.17. The molecule has 1 fully saturated rings. The molecule has 2 aromatic carbocycles. The van der Waals surface area contributed by atoms with Crippen LogP contribution in [-0.2, 0) is 4.74 Å². The molecule has 0 radical (unpaired) electrons. The molecule has 0 bridgehead atoms. The number of benzene rings is 2. The molecule has 1 aliphatic heterocycles. The third-order valence-corrected chi connectivity index (χ3v) is 4.34. The summed E-state index contributed by atoms with van der Waals surface area (Å²) < 4.78 is 7.38. The van der Waals surface area contributed by atoms with Gasteiger partial charge in [0.2, 0.25) is 0 Å². The average molecular weight is 348 g/mol. The number of aromatic nitrogens is 2. The summed E-state index contributed by atoms with van der Waals surface area (Å²) in [6.45, 7) is 2.41. The van der Waals surface area contributed by atoms with Gasteiger partial charge in [-0.1, -0.05) is 30.3 Å². The molecule has 0 aliphatic carbocycles. The highest BCUT2D eigenvalue weighted by Gasteiger charge is 2.16. The van der Waals surface area contributed by atoms with Crippen LogP contribution in [0.2, 0.25) is 0 Å². The Morgan fingerprint density at radius 1 is 1.12 bits per heavy atom. The van der Waals surface area contributed by atoms with Crippen LogP contribution in [-0.4, -0.2) is 35.4 Å². The SMILES string of the molecule is O=C(Nc1ccc(C2CNCCO2)cc1)c1ccnn1-c1ccccc1. The van der Waals surface area contributed by atoms with E-state index in [1.54, 1.807) is 16.9 Å². The van der Waals surface area contributed by atoms with Crippen molar-refractivity contribution in [2.45, 2.75) is 6.10 Å². The molecular formula is C20H20N4O2. The van der Waals surface area contributed by atoms with Gasteiger partial charge in [0.25, 0.3) is 5.91 Å². The lowest BCUT2D eigenvalue weighted by Gasteiger charge is -2.24. The minimum absolute atomic E-state index is 0.0630. The Morgan fingerprint density at radius 3 is 2.65 bits per heavy atom. The maximum absolute atomic E-state index is 12.6. The van der Waals surface area contributed by atoms with E-state index in [9.17, 15) is 4.79 Å². The number of ether oxygens (including phenoxy) is 1. The molecular weight excluding hydrogens is 328 g/mol. The monoisotopic (exact) mass is 348 g/mol. The van der Waals surface area contributed by atoms with Gasteiger partial charge in [-0.05, 0) is 35.9 Å². The van der Waals surface area contributed by atoms with Crippen LogP contribution in [0.1, 0.15) is 22.2 Å². The normalized spacial score (nSPS) is 17.0. The smallest absolute Gasteiger partial charge is 0.274 e. The summed E-state index contributed by atoms with van der Waals surface area (Å²) in [5, 5.41) is 10.5. The van der Waals surface area contributed by atoms with Gasteiger partial charge in [0.05, 0.1) is 24.6 Å². The summed E-state index contributed by atoms with van der Waals surface area (Å²) in [4.78, 5) is 12.6. The zero-order valence-corrected chi connectivity index (χ0v) is 14.3. The Kier molecular flexibility index (Phi) is 4.77. The van der Waals surface area contributed by atoms with Gasteiger partial charge in [0.1, 0.15) is 5.69 Å². The summed E-state index contributed by atoms with van der Waals surface area (Å²) in [7, 11) is 0. The molecule has 2 N–H and O–H groups in total. The van der Waals surface area contributed by atoms with Crippen LogP contribution in [0.5, 0.6) is 0 Å². The molecule has 1 saturated heterocycles. The molecule has 3 aromatic rings. The number of hydrogen-bond acceptors (Lipinski definition) is 4. The van der Waals surface area contributed by atoms with Gasteiger partial charge in [0, 0.05) is 18.8 Å². The molecule has 6 heteroatoms. The minimum atomic E-state index is -0.199. The van der Waals surface area contributed by atoms with E-state index < -0.39 is 0 Å². The molecule has 1 aliphatic rings. The van der Waals surface area contributed by atoms with Gasteiger partial charge in [-0.15, -0.1) is 0 Å². The predicted molar refractivity (Wildman–Crippen MR) is 99.5 cm³/mol. The number of rotatable bonds is 4. The molecule has 2 heterocycles. The number of amides is 1. The lowest BCUT2D eigenvalue weighted by Crippen LogP contribution is -2.33. The summed E-state index contributed by atoms with van der Waals surface area (Å²) >= 11 is 0. The fourth-order valence-electron chi connectivity index (χ4n) is 3.01. The van der Waals surface area contributed by atoms with Gasteiger partial charge in [0.15, 0.2) is 0 Å². The summed E-state index contributed by atoms with van der Waals surface area (Å²) in [6, 6.07) is 19.1. The van der Waals surface area contributed by atoms with Crippen LogP contribution < -0.4 is 10.6 Å². The van der Waals surface area contributed by atoms with E-state index >= 15 is 0 Å². The van der Waals surface area contributed by atoms with E-state index in [2.05, 4.69) is 15.7 Å². The zero-order valence-electron chi connectivity index (χ0n) is 14.3. The van der Waals surface area contributed by atoms with Crippen LogP contribution in [0.3, 0.4) is 0 Å². The van der Waals surface area contributed by atoms with Crippen molar-refractivity contribution in [1.29, 1.82) is 0 Å². The Morgan fingerprint density at radius 2 is 1.92 bits per heavy atom. The van der Waals surface area contributed by atoms with Crippen LogP contribution in [0.4, 0.5) is 5.69 Å². The van der Waals surface area contributed by atoms with E-state index in [4.69, 9.17) is 4.74 Å². The molecule has 4 rings (SSSR count). The average Bonchev–Trinajstić information content (AvgIpc) is 3.20. The Bertz CT molecular complexity index is 868. The first-order chi connectivity index (χ1) is 12.8. The van der Waals surface area contributed by atoms with Gasteiger partial charge >= 0.3 is 0 Å². The summed E-state index contributed by atoms with van der Waals surface area (Å²) in [5.74, 6) is -0.199. The Labute approximate surface area is 151 Å². The molecule has 1 atom stereocenters. The second kappa shape index (κ2) is 7.51. The lowest BCUT2D eigenvalue weighted by molar-refractivity contribution is 0.0277. The maximum Gasteiger partial charge on any atom is 0.274 e. The van der Waals surface area contributed by atoms with E-state index in [1.165, 1.54) is 0 Å². The summed E-state index contributed by atoms with van der Waals surface area (Å²) in [6.07, 6.45) is 1.69. The van der Waals surface area contributed by atoms with Crippen molar-refractivity contribution in [2.75, 3.05) is 25.0 Å². The lowest BCUT2D eigenvalue weighted by atomic mass is 10.1. The first-order valence-corrected chi connectivity index (χ1v) is 8.64. The highest BCUT2D eigenvalue weighted by molar-refractivity contribution is 6.03. The van der Waals surface area contributed by atoms with Gasteiger partial charge in [-0.3, -0.25) is 4.79 Å². The highest BCUT2D eigenvalue weighted by Crippen LogP contribution is 2.21. The number of nitrogens with one attached hydrogen (secondary N) is 2. The fourth-order valence-corrected chi connectivity index (χ4v) is 3.01. The predicted octanol–water partition coefficient (Wildman–Crippen LogP) is 2.79. The molecule has 132 valence electrons. The maximum atomic E-state index is 12.6. The third-order valence-electron chi connectivity index (χ3n) is 4.34. The Balaban J connectivity index is 1.48. The molecule has 0 spiro atoms. The van der Waals surface area contributed by atoms with E-state index in [-0.39, 0.29) is 12.0 Å². The second-order valence-corrected chi connectivity index (χ2v) is 6.10. The number of nitrogens with zero attached hydrogens (tertiary/aromatic N) is 2. The highest BCUT2D eigenvalue weighted by atomic mass is 16.5. The molecule has 1 amide bonds. The molecule has 26 heavy (non-hydrogen) atoms. The third kappa shape index (κ3) is 3.51. The van der Waals surface area contributed by atoms with Crippen LogP contribution in [0.15, 0.2) is 66.9 Å². The molecule has 1 unspecified atom stereocenters. The zero-order chi connectivity index (χ0) is 17.8. The first-order valence-electron chi connectivity index (χ1n) is 8.64. The molecule has 1 aromatic heterocycles. The van der Waals surface area contributed by atoms with Crippen molar-refractivity contribution < 1.29 is 9.53 Å². The van der Waals surface area contributed by atoms with Gasteiger partial charge < -0.3 is 15.4 Å². The van der Waals surface area contributed by atoms with Crippen molar-refractivity contribution in [1.82, 2.24) is 15.1 Å². The standard InChI is InChI=1S/C20H20N4O2/c25-20(18-10-11-22-24(18)17-4-2-1-3-5-17)23-16-8-6-15(7-9-16)19-14-21-12-13-26-19/h1-11,19,21H,12-14H2,(H,23,25). The topological polar surface area (TPSA) is 68.2 Å².